The van der Waals surface area contributed by atoms with E-state index in [1.807, 2.05) is 0 Å². The van der Waals surface area contributed by atoms with Crippen molar-refractivity contribution >= 4 is 16.7 Å². The number of phenols is 2. The third-order valence-corrected chi connectivity index (χ3v) is 5.31. The zero-order chi connectivity index (χ0) is 22.9. The number of fused-ring (bicyclic) bond motifs is 1. The molecule has 0 unspecified atom stereocenters. The van der Waals surface area contributed by atoms with Crippen LogP contribution in [-0.4, -0.2) is 35.9 Å². The second kappa shape index (κ2) is 8.12. The molecule has 0 aliphatic heterocycles. The number of aromatic hydroxyl groups is 2. The minimum Gasteiger partial charge on any atom is -0.507 e. The van der Waals surface area contributed by atoms with Gasteiger partial charge in [0.1, 0.15) is 11.5 Å². The fourth-order valence-electron chi connectivity index (χ4n) is 3.60. The first-order valence-electron chi connectivity index (χ1n) is 10.2. The number of phenolic OH excluding ortho intramolecular Hbond substituents is 2. The van der Waals surface area contributed by atoms with Crippen molar-refractivity contribution in [3.05, 3.63) is 84.6 Å². The monoisotopic (exact) mass is 434 g/mol. The van der Waals surface area contributed by atoms with Gasteiger partial charge in [0, 0.05) is 22.7 Å². The number of aromatic nitrogens is 4. The maximum Gasteiger partial charge on any atom is 0.167 e. The van der Waals surface area contributed by atoms with Gasteiger partial charge in [0.05, 0.1) is 16.6 Å². The molecule has 0 amide bonds. The molecule has 0 atom stereocenters. The summed E-state index contributed by atoms with van der Waals surface area (Å²) in [5.41, 5.74) is 2.61. The first-order chi connectivity index (χ1) is 16.0. The van der Waals surface area contributed by atoms with Gasteiger partial charge in [-0.05, 0) is 49.4 Å². The maximum atomic E-state index is 11.9. The zero-order valence-electron chi connectivity index (χ0n) is 17.6. The summed E-state index contributed by atoms with van der Waals surface area (Å²) in [6.45, 7) is 1.49. The average Bonchev–Trinajstić information content (AvgIpc) is 2.84. The van der Waals surface area contributed by atoms with Crippen molar-refractivity contribution in [1.29, 1.82) is 0 Å². The van der Waals surface area contributed by atoms with E-state index in [4.69, 9.17) is 0 Å². The Morgan fingerprint density at radius 3 is 2.30 bits per heavy atom. The number of benzene rings is 3. The van der Waals surface area contributed by atoms with Gasteiger partial charge in [-0.15, -0.1) is 0 Å². The Morgan fingerprint density at radius 2 is 1.52 bits per heavy atom. The molecule has 0 aliphatic carbocycles. The van der Waals surface area contributed by atoms with Gasteiger partial charge in [0.2, 0.25) is 0 Å². The highest BCUT2D eigenvalue weighted by atomic mass is 16.3. The molecular weight excluding hydrogens is 416 g/mol. The number of ketones is 1. The lowest BCUT2D eigenvalue weighted by molar-refractivity contribution is 0.101. The van der Waals surface area contributed by atoms with E-state index in [1.54, 1.807) is 79.0 Å². The molecule has 0 bridgehead atoms. The highest BCUT2D eigenvalue weighted by Gasteiger charge is 2.18. The van der Waals surface area contributed by atoms with Gasteiger partial charge in [0.15, 0.2) is 23.3 Å². The SMILES string of the molecule is CC(=O)c1cccc(-c2nc(-c3ccccc3O)nc(-c3ccc4ncccc4c3O)n2)c1. The second-order valence-electron chi connectivity index (χ2n) is 7.49. The summed E-state index contributed by atoms with van der Waals surface area (Å²) in [6, 6.07) is 20.7. The Hall–Kier alpha value is -4.65. The highest BCUT2D eigenvalue weighted by Crippen LogP contribution is 2.36. The lowest BCUT2D eigenvalue weighted by Gasteiger charge is -2.11. The molecule has 5 rings (SSSR count). The molecule has 3 aromatic carbocycles. The molecule has 2 aromatic heterocycles. The van der Waals surface area contributed by atoms with Crippen molar-refractivity contribution in [1.82, 2.24) is 19.9 Å². The summed E-state index contributed by atoms with van der Waals surface area (Å²) >= 11 is 0. The number of carbonyl (C=O) groups excluding carboxylic acids is 1. The number of Topliss-reactive ketones (excluding diaryl/α,β-unsaturated/α-hetero) is 1. The number of rotatable bonds is 4. The summed E-state index contributed by atoms with van der Waals surface area (Å²) in [6.07, 6.45) is 1.65. The fourth-order valence-corrected chi connectivity index (χ4v) is 3.60. The molecule has 2 N–H and O–H groups in total. The Balaban J connectivity index is 1.77. The van der Waals surface area contributed by atoms with Crippen molar-refractivity contribution in [2.75, 3.05) is 0 Å². The predicted octanol–water partition coefficient (Wildman–Crippen LogP) is 5.03. The van der Waals surface area contributed by atoms with Crippen molar-refractivity contribution in [2.24, 2.45) is 0 Å². The van der Waals surface area contributed by atoms with Crippen molar-refractivity contribution in [2.45, 2.75) is 6.92 Å². The Morgan fingerprint density at radius 1 is 0.758 bits per heavy atom. The van der Waals surface area contributed by atoms with Gasteiger partial charge >= 0.3 is 0 Å². The molecule has 33 heavy (non-hydrogen) atoms. The lowest BCUT2D eigenvalue weighted by Crippen LogP contribution is -2.01. The molecule has 0 aliphatic rings. The topological polar surface area (TPSA) is 109 Å². The van der Waals surface area contributed by atoms with Crippen LogP contribution in [0.4, 0.5) is 0 Å². The van der Waals surface area contributed by atoms with Crippen molar-refractivity contribution in [3.63, 3.8) is 0 Å². The van der Waals surface area contributed by atoms with E-state index in [-0.39, 0.29) is 28.9 Å². The van der Waals surface area contributed by atoms with Crippen LogP contribution in [0, 0.1) is 0 Å². The minimum atomic E-state index is -0.0771. The van der Waals surface area contributed by atoms with E-state index in [1.165, 1.54) is 6.92 Å². The molecule has 7 nitrogen and oxygen atoms in total. The van der Waals surface area contributed by atoms with Crippen LogP contribution in [0.15, 0.2) is 79.0 Å². The van der Waals surface area contributed by atoms with Gasteiger partial charge < -0.3 is 10.2 Å². The van der Waals surface area contributed by atoms with Crippen LogP contribution in [-0.2, 0) is 0 Å². The summed E-state index contributed by atoms with van der Waals surface area (Å²) < 4.78 is 0. The summed E-state index contributed by atoms with van der Waals surface area (Å²) in [5, 5.41) is 21.9. The number of para-hydroxylation sites is 1. The zero-order valence-corrected chi connectivity index (χ0v) is 17.6. The van der Waals surface area contributed by atoms with Crippen LogP contribution in [0.3, 0.4) is 0 Å². The molecule has 160 valence electrons. The molecule has 0 saturated carbocycles. The number of hydrogen-bond donors (Lipinski definition) is 2. The van der Waals surface area contributed by atoms with Crippen LogP contribution in [0.25, 0.3) is 45.1 Å². The van der Waals surface area contributed by atoms with E-state index < -0.39 is 0 Å². The van der Waals surface area contributed by atoms with Gasteiger partial charge in [-0.3, -0.25) is 9.78 Å². The number of nitrogens with zero attached hydrogens (tertiary/aromatic N) is 4. The van der Waals surface area contributed by atoms with Crippen LogP contribution >= 0.6 is 0 Å². The Labute approximate surface area is 189 Å². The van der Waals surface area contributed by atoms with Crippen molar-refractivity contribution < 1.29 is 15.0 Å². The van der Waals surface area contributed by atoms with E-state index in [9.17, 15) is 15.0 Å². The largest absolute Gasteiger partial charge is 0.507 e. The van der Waals surface area contributed by atoms with Crippen LogP contribution in [0.5, 0.6) is 11.5 Å². The van der Waals surface area contributed by atoms with E-state index >= 15 is 0 Å². The van der Waals surface area contributed by atoms with Gasteiger partial charge in [-0.25, -0.2) is 15.0 Å². The highest BCUT2D eigenvalue weighted by molar-refractivity contribution is 5.95. The number of carbonyl (C=O) groups is 1. The first kappa shape index (κ1) is 20.3. The van der Waals surface area contributed by atoms with Crippen LogP contribution < -0.4 is 0 Å². The second-order valence-corrected chi connectivity index (χ2v) is 7.49. The Bertz CT molecular complexity index is 1530. The van der Waals surface area contributed by atoms with Crippen LogP contribution in [0.1, 0.15) is 17.3 Å². The molecule has 0 spiro atoms. The van der Waals surface area contributed by atoms with Crippen LogP contribution in [0.2, 0.25) is 0 Å². The maximum absolute atomic E-state index is 11.9. The molecule has 7 heteroatoms. The quantitative estimate of drug-likeness (QED) is 0.382. The molecule has 0 radical (unpaired) electrons. The van der Waals surface area contributed by atoms with E-state index in [0.29, 0.717) is 39.0 Å². The van der Waals surface area contributed by atoms with Gasteiger partial charge in [-0.1, -0.05) is 30.3 Å². The smallest absolute Gasteiger partial charge is 0.167 e. The minimum absolute atomic E-state index is 0.00142. The fraction of sp³-hybridized carbons (Fsp3) is 0.0385. The lowest BCUT2D eigenvalue weighted by atomic mass is 10.1. The first-order valence-corrected chi connectivity index (χ1v) is 10.2. The molecular formula is C26H18N4O3. The normalized spacial score (nSPS) is 10.9. The summed E-state index contributed by atoms with van der Waals surface area (Å²) in [4.78, 5) is 29.9. The Kier molecular flexibility index (Phi) is 4.99. The molecule has 5 aromatic rings. The summed E-state index contributed by atoms with van der Waals surface area (Å²) in [7, 11) is 0. The van der Waals surface area contributed by atoms with E-state index in [2.05, 4.69) is 19.9 Å². The third-order valence-electron chi connectivity index (χ3n) is 5.31. The number of pyridine rings is 1. The molecule has 0 fully saturated rings. The summed E-state index contributed by atoms with van der Waals surface area (Å²) in [5.74, 6) is 0.726. The van der Waals surface area contributed by atoms with Gasteiger partial charge in [-0.2, -0.15) is 0 Å². The predicted molar refractivity (Wildman–Crippen MR) is 125 cm³/mol. The molecule has 0 saturated heterocycles. The average molecular weight is 434 g/mol. The van der Waals surface area contributed by atoms with E-state index in [0.717, 1.165) is 0 Å². The number of hydrogen-bond acceptors (Lipinski definition) is 7. The van der Waals surface area contributed by atoms with Crippen molar-refractivity contribution in [3.8, 4) is 45.7 Å². The standard InChI is InChI=1S/C26H18N4O3/c1-15(31)16-6-4-7-17(14-16)24-28-25(19-8-2-3-10-22(19)32)30-26(29-24)20-11-12-21-18(23(20)33)9-5-13-27-21/h2-14,32-33H,1H3. The third kappa shape index (κ3) is 3.76. The molecule has 2 heterocycles. The van der Waals surface area contributed by atoms with Gasteiger partial charge in [0.25, 0.3) is 0 Å².